The highest BCUT2D eigenvalue weighted by atomic mass is 16.3. The first-order valence-corrected chi connectivity index (χ1v) is 3.92. The Hall–Kier alpha value is -0.160. The number of nitrogens with one attached hydrogen (secondary N) is 1. The second-order valence-electron chi connectivity index (χ2n) is 3.05. The zero-order valence-electron chi connectivity index (χ0n) is 6.40. The fourth-order valence-corrected chi connectivity index (χ4v) is 1.48. The van der Waals surface area contributed by atoms with Gasteiger partial charge in [-0.15, -0.1) is 0 Å². The van der Waals surface area contributed by atoms with Crippen LogP contribution in [0.1, 0.15) is 12.8 Å². The lowest BCUT2D eigenvalue weighted by molar-refractivity contribution is 0.0574. The van der Waals surface area contributed by atoms with E-state index in [2.05, 4.69) is 5.32 Å². The Morgan fingerprint density at radius 1 is 1.09 bits per heavy atom. The van der Waals surface area contributed by atoms with Crippen LogP contribution in [0.3, 0.4) is 0 Å². The Balaban J connectivity index is 2.37. The zero-order chi connectivity index (χ0) is 8.27. The minimum atomic E-state index is -0.384. The molecule has 4 heteroatoms. The molecule has 3 atom stereocenters. The van der Waals surface area contributed by atoms with Gasteiger partial charge in [0.05, 0.1) is 19.3 Å². The largest absolute Gasteiger partial charge is 0.395 e. The van der Waals surface area contributed by atoms with Crippen LogP contribution in [0, 0.1) is 0 Å². The summed E-state index contributed by atoms with van der Waals surface area (Å²) in [4.78, 5) is 0. The van der Waals surface area contributed by atoms with E-state index >= 15 is 0 Å². The smallest absolute Gasteiger partial charge is 0.0585 e. The molecule has 66 valence electrons. The van der Waals surface area contributed by atoms with Gasteiger partial charge in [-0.2, -0.15) is 0 Å². The Bertz CT molecular complexity index is 108. The highest BCUT2D eigenvalue weighted by Gasteiger charge is 2.25. The van der Waals surface area contributed by atoms with Crippen molar-refractivity contribution in [1.29, 1.82) is 0 Å². The summed E-state index contributed by atoms with van der Waals surface area (Å²) >= 11 is 0. The van der Waals surface area contributed by atoms with Crippen molar-refractivity contribution in [2.75, 3.05) is 13.2 Å². The molecule has 11 heavy (non-hydrogen) atoms. The summed E-state index contributed by atoms with van der Waals surface area (Å²) in [7, 11) is 0. The summed E-state index contributed by atoms with van der Waals surface area (Å²) in [5.41, 5.74) is 0. The number of aliphatic hydroxyl groups is 3. The van der Waals surface area contributed by atoms with Crippen molar-refractivity contribution in [3.8, 4) is 0 Å². The monoisotopic (exact) mass is 161 g/mol. The van der Waals surface area contributed by atoms with E-state index in [1.54, 1.807) is 0 Å². The molecular weight excluding hydrogens is 146 g/mol. The molecule has 1 aliphatic rings. The average molecular weight is 161 g/mol. The number of aliphatic hydroxyl groups excluding tert-OH is 3. The second-order valence-corrected chi connectivity index (χ2v) is 3.05. The third-order valence-corrected chi connectivity index (χ3v) is 2.03. The minimum Gasteiger partial charge on any atom is -0.395 e. The molecule has 0 aromatic carbocycles. The first kappa shape index (κ1) is 8.93. The van der Waals surface area contributed by atoms with Gasteiger partial charge < -0.3 is 20.6 Å². The molecule has 1 saturated heterocycles. The SMILES string of the molecule is OCC1CC(O)C[C@H](CO)N1. The molecule has 0 bridgehead atoms. The Labute approximate surface area is 65.9 Å². The highest BCUT2D eigenvalue weighted by Crippen LogP contribution is 2.12. The molecule has 0 aromatic heterocycles. The van der Waals surface area contributed by atoms with Crippen LogP contribution < -0.4 is 5.32 Å². The van der Waals surface area contributed by atoms with Gasteiger partial charge in [0, 0.05) is 12.1 Å². The Kier molecular flexibility index (Phi) is 3.26. The van der Waals surface area contributed by atoms with Crippen molar-refractivity contribution in [3.05, 3.63) is 0 Å². The highest BCUT2D eigenvalue weighted by molar-refractivity contribution is 4.84. The summed E-state index contributed by atoms with van der Waals surface area (Å²) in [5.74, 6) is 0. The van der Waals surface area contributed by atoms with Gasteiger partial charge in [-0.1, -0.05) is 0 Å². The molecule has 4 nitrogen and oxygen atoms in total. The molecule has 0 aliphatic carbocycles. The summed E-state index contributed by atoms with van der Waals surface area (Å²) < 4.78 is 0. The van der Waals surface area contributed by atoms with Gasteiger partial charge in [-0.05, 0) is 12.8 Å². The summed E-state index contributed by atoms with van der Waals surface area (Å²) in [5, 5.41) is 29.8. The number of piperidine rings is 1. The molecular formula is C7H15NO3. The fourth-order valence-electron chi connectivity index (χ4n) is 1.48. The van der Waals surface area contributed by atoms with Gasteiger partial charge in [0.25, 0.3) is 0 Å². The van der Waals surface area contributed by atoms with Crippen LogP contribution in [0.15, 0.2) is 0 Å². The van der Waals surface area contributed by atoms with Crippen LogP contribution in [0.25, 0.3) is 0 Å². The van der Waals surface area contributed by atoms with Crippen molar-refractivity contribution in [3.63, 3.8) is 0 Å². The molecule has 0 radical (unpaired) electrons. The average Bonchev–Trinajstić information content (AvgIpc) is 2.03. The molecule has 0 saturated carbocycles. The van der Waals surface area contributed by atoms with Crippen molar-refractivity contribution in [2.45, 2.75) is 31.0 Å². The van der Waals surface area contributed by atoms with Crippen LogP contribution in [-0.2, 0) is 0 Å². The Morgan fingerprint density at radius 2 is 1.55 bits per heavy atom. The van der Waals surface area contributed by atoms with Crippen molar-refractivity contribution in [1.82, 2.24) is 5.32 Å². The first-order valence-electron chi connectivity index (χ1n) is 3.92. The standard InChI is InChI=1S/C7H15NO3/c9-3-5-1-7(11)2-6(4-10)8-5/h5-11H,1-4H2/t5-,6?,7?/m1/s1. The fraction of sp³-hybridized carbons (Fsp3) is 1.00. The molecule has 2 unspecified atom stereocenters. The predicted octanol–water partition coefficient (Wildman–Crippen LogP) is -1.55. The van der Waals surface area contributed by atoms with Crippen molar-refractivity contribution in [2.24, 2.45) is 0 Å². The molecule has 1 fully saturated rings. The van der Waals surface area contributed by atoms with E-state index in [1.807, 2.05) is 0 Å². The predicted molar refractivity (Wildman–Crippen MR) is 40.1 cm³/mol. The molecule has 0 amide bonds. The van der Waals surface area contributed by atoms with E-state index in [-0.39, 0.29) is 31.4 Å². The van der Waals surface area contributed by atoms with Gasteiger partial charge >= 0.3 is 0 Å². The third kappa shape index (κ3) is 2.41. The lowest BCUT2D eigenvalue weighted by atomic mass is 9.97. The van der Waals surface area contributed by atoms with E-state index in [4.69, 9.17) is 10.2 Å². The van der Waals surface area contributed by atoms with Crippen LogP contribution in [0.5, 0.6) is 0 Å². The normalized spacial score (nSPS) is 39.0. The van der Waals surface area contributed by atoms with Gasteiger partial charge in [-0.3, -0.25) is 0 Å². The van der Waals surface area contributed by atoms with E-state index in [1.165, 1.54) is 0 Å². The number of hydrogen-bond donors (Lipinski definition) is 4. The molecule has 1 rings (SSSR count). The quantitative estimate of drug-likeness (QED) is 0.396. The lowest BCUT2D eigenvalue weighted by Gasteiger charge is -2.31. The first-order chi connectivity index (χ1) is 5.26. The maximum absolute atomic E-state index is 9.25. The molecule has 0 spiro atoms. The van der Waals surface area contributed by atoms with E-state index in [0.717, 1.165) is 0 Å². The summed E-state index contributed by atoms with van der Waals surface area (Å²) in [6.07, 6.45) is 0.769. The number of rotatable bonds is 2. The van der Waals surface area contributed by atoms with Crippen molar-refractivity contribution >= 4 is 0 Å². The maximum atomic E-state index is 9.25. The minimum absolute atomic E-state index is 0.0214. The van der Waals surface area contributed by atoms with E-state index in [0.29, 0.717) is 12.8 Å². The summed E-state index contributed by atoms with van der Waals surface area (Å²) in [6, 6.07) is -0.119. The molecule has 1 aliphatic heterocycles. The maximum Gasteiger partial charge on any atom is 0.0585 e. The molecule has 1 heterocycles. The van der Waals surface area contributed by atoms with Crippen LogP contribution in [0.2, 0.25) is 0 Å². The van der Waals surface area contributed by atoms with Crippen LogP contribution in [0.4, 0.5) is 0 Å². The summed E-state index contributed by atoms with van der Waals surface area (Å²) in [6.45, 7) is 0.0428. The molecule has 4 N–H and O–H groups in total. The van der Waals surface area contributed by atoms with Gasteiger partial charge in [-0.25, -0.2) is 0 Å². The third-order valence-electron chi connectivity index (χ3n) is 2.03. The van der Waals surface area contributed by atoms with E-state index < -0.39 is 0 Å². The van der Waals surface area contributed by atoms with Gasteiger partial charge in [0.15, 0.2) is 0 Å². The van der Waals surface area contributed by atoms with E-state index in [9.17, 15) is 5.11 Å². The van der Waals surface area contributed by atoms with Crippen molar-refractivity contribution < 1.29 is 15.3 Å². The van der Waals surface area contributed by atoms with Gasteiger partial charge in [0.1, 0.15) is 0 Å². The van der Waals surface area contributed by atoms with Crippen LogP contribution in [-0.4, -0.2) is 46.7 Å². The Morgan fingerprint density at radius 3 is 1.91 bits per heavy atom. The zero-order valence-corrected chi connectivity index (χ0v) is 6.40. The second kappa shape index (κ2) is 4.01. The molecule has 0 aromatic rings. The lowest BCUT2D eigenvalue weighted by Crippen LogP contribution is -2.50. The number of hydrogen-bond acceptors (Lipinski definition) is 4. The van der Waals surface area contributed by atoms with Gasteiger partial charge in [0.2, 0.25) is 0 Å². The topological polar surface area (TPSA) is 72.7 Å². The van der Waals surface area contributed by atoms with Crippen LogP contribution >= 0.6 is 0 Å².